The predicted molar refractivity (Wildman–Crippen MR) is 67.7 cm³/mol. The van der Waals surface area contributed by atoms with Crippen molar-refractivity contribution >= 4 is 0 Å². The summed E-state index contributed by atoms with van der Waals surface area (Å²) in [6.45, 7) is 2.26. The molecule has 94 valence electrons. The van der Waals surface area contributed by atoms with Gasteiger partial charge in [-0.05, 0) is 52.5 Å². The zero-order chi connectivity index (χ0) is 11.4. The number of ether oxygens (including phenoxy) is 1. The lowest BCUT2D eigenvalue weighted by Crippen LogP contribution is -2.32. The van der Waals surface area contributed by atoms with Crippen molar-refractivity contribution in [1.82, 2.24) is 5.32 Å². The van der Waals surface area contributed by atoms with Crippen molar-refractivity contribution in [2.75, 3.05) is 7.05 Å². The topological polar surface area (TPSA) is 21.3 Å². The Morgan fingerprint density at radius 3 is 2.69 bits per heavy atom. The normalized spacial score (nSPS) is 30.8. The Kier molecular flexibility index (Phi) is 4.26. The van der Waals surface area contributed by atoms with E-state index in [1.54, 1.807) is 0 Å². The van der Waals surface area contributed by atoms with E-state index in [1.165, 1.54) is 57.8 Å². The SMILES string of the molecule is CNC(C)CCC1CCC2(CCCCC2)O1. The summed E-state index contributed by atoms with van der Waals surface area (Å²) in [5, 5.41) is 3.30. The molecule has 2 rings (SSSR count). The molecule has 1 N–H and O–H groups in total. The summed E-state index contributed by atoms with van der Waals surface area (Å²) in [6, 6.07) is 0.631. The molecule has 2 aliphatic rings. The number of hydrogen-bond donors (Lipinski definition) is 1. The molecule has 2 heteroatoms. The Balaban J connectivity index is 1.74. The minimum Gasteiger partial charge on any atom is -0.372 e. The molecule has 2 nitrogen and oxygen atoms in total. The minimum atomic E-state index is 0.311. The van der Waals surface area contributed by atoms with Gasteiger partial charge in [-0.2, -0.15) is 0 Å². The molecule has 0 aromatic heterocycles. The molecule has 0 aromatic carbocycles. The summed E-state index contributed by atoms with van der Waals surface area (Å²) in [5.74, 6) is 0. The summed E-state index contributed by atoms with van der Waals surface area (Å²) in [6.07, 6.45) is 12.5. The Labute approximate surface area is 100 Å². The number of hydrogen-bond acceptors (Lipinski definition) is 2. The quantitative estimate of drug-likeness (QED) is 0.793. The highest BCUT2D eigenvalue weighted by Crippen LogP contribution is 2.42. The van der Waals surface area contributed by atoms with Gasteiger partial charge in [-0.25, -0.2) is 0 Å². The van der Waals surface area contributed by atoms with Gasteiger partial charge in [-0.15, -0.1) is 0 Å². The maximum atomic E-state index is 6.36. The zero-order valence-electron chi connectivity index (χ0n) is 10.9. The van der Waals surface area contributed by atoms with Gasteiger partial charge in [0.1, 0.15) is 0 Å². The van der Waals surface area contributed by atoms with Crippen molar-refractivity contribution in [1.29, 1.82) is 0 Å². The van der Waals surface area contributed by atoms with Crippen LogP contribution in [-0.2, 0) is 4.74 Å². The lowest BCUT2D eigenvalue weighted by molar-refractivity contribution is -0.0664. The maximum absolute atomic E-state index is 6.36. The Hall–Kier alpha value is -0.0800. The van der Waals surface area contributed by atoms with Gasteiger partial charge in [0.2, 0.25) is 0 Å². The van der Waals surface area contributed by atoms with Gasteiger partial charge in [-0.1, -0.05) is 19.3 Å². The first-order valence-corrected chi connectivity index (χ1v) is 7.09. The van der Waals surface area contributed by atoms with Crippen LogP contribution in [0.1, 0.15) is 64.7 Å². The van der Waals surface area contributed by atoms with Crippen molar-refractivity contribution in [2.24, 2.45) is 0 Å². The molecule has 1 heterocycles. The average molecular weight is 225 g/mol. The molecular formula is C14H27NO. The molecular weight excluding hydrogens is 198 g/mol. The largest absolute Gasteiger partial charge is 0.372 e. The van der Waals surface area contributed by atoms with Crippen LogP contribution in [0, 0.1) is 0 Å². The second kappa shape index (κ2) is 5.50. The first-order chi connectivity index (χ1) is 7.74. The maximum Gasteiger partial charge on any atom is 0.0687 e. The molecule has 0 radical (unpaired) electrons. The van der Waals surface area contributed by atoms with E-state index in [4.69, 9.17) is 4.74 Å². The van der Waals surface area contributed by atoms with Crippen molar-refractivity contribution < 1.29 is 4.74 Å². The van der Waals surface area contributed by atoms with Gasteiger partial charge < -0.3 is 10.1 Å². The minimum absolute atomic E-state index is 0.311. The van der Waals surface area contributed by atoms with E-state index in [-0.39, 0.29) is 0 Å². The highest BCUT2D eigenvalue weighted by atomic mass is 16.5. The molecule has 1 saturated heterocycles. The first kappa shape index (κ1) is 12.4. The molecule has 1 saturated carbocycles. The summed E-state index contributed by atoms with van der Waals surface area (Å²) in [5.41, 5.74) is 0.311. The van der Waals surface area contributed by atoms with E-state index >= 15 is 0 Å². The first-order valence-electron chi connectivity index (χ1n) is 7.09. The molecule has 2 unspecified atom stereocenters. The molecule has 0 aromatic rings. The van der Waals surface area contributed by atoms with Crippen LogP contribution in [0.3, 0.4) is 0 Å². The molecule has 16 heavy (non-hydrogen) atoms. The van der Waals surface area contributed by atoms with Crippen LogP contribution >= 0.6 is 0 Å². The van der Waals surface area contributed by atoms with Gasteiger partial charge in [0.25, 0.3) is 0 Å². The van der Waals surface area contributed by atoms with Crippen LogP contribution in [0.5, 0.6) is 0 Å². The molecule has 2 atom stereocenters. The highest BCUT2D eigenvalue weighted by Gasteiger charge is 2.40. The van der Waals surface area contributed by atoms with Crippen molar-refractivity contribution in [3.63, 3.8) is 0 Å². The standard InChI is InChI=1S/C14H27NO/c1-12(15-2)6-7-13-8-11-14(16-13)9-4-3-5-10-14/h12-13,15H,3-11H2,1-2H3. The number of nitrogens with one attached hydrogen (secondary N) is 1. The second-order valence-electron chi connectivity index (χ2n) is 5.79. The smallest absolute Gasteiger partial charge is 0.0687 e. The van der Waals surface area contributed by atoms with Crippen LogP contribution < -0.4 is 5.32 Å². The lowest BCUT2D eigenvalue weighted by atomic mass is 9.83. The Morgan fingerprint density at radius 2 is 2.00 bits per heavy atom. The molecule has 2 fully saturated rings. The summed E-state index contributed by atoms with van der Waals surface area (Å²) >= 11 is 0. The average Bonchev–Trinajstić information content (AvgIpc) is 2.70. The van der Waals surface area contributed by atoms with E-state index in [9.17, 15) is 0 Å². The second-order valence-corrected chi connectivity index (χ2v) is 5.79. The van der Waals surface area contributed by atoms with E-state index in [0.717, 1.165) is 0 Å². The molecule has 1 aliphatic heterocycles. The summed E-state index contributed by atoms with van der Waals surface area (Å²) in [4.78, 5) is 0. The third-order valence-electron chi connectivity index (χ3n) is 4.52. The van der Waals surface area contributed by atoms with Crippen molar-refractivity contribution in [2.45, 2.75) is 82.5 Å². The fourth-order valence-electron chi connectivity index (χ4n) is 3.24. The third-order valence-corrected chi connectivity index (χ3v) is 4.52. The van der Waals surface area contributed by atoms with Gasteiger partial charge in [-0.3, -0.25) is 0 Å². The zero-order valence-corrected chi connectivity index (χ0v) is 10.9. The third kappa shape index (κ3) is 2.98. The monoisotopic (exact) mass is 225 g/mol. The fourth-order valence-corrected chi connectivity index (χ4v) is 3.24. The fraction of sp³-hybridized carbons (Fsp3) is 1.00. The van der Waals surface area contributed by atoms with Crippen molar-refractivity contribution in [3.05, 3.63) is 0 Å². The van der Waals surface area contributed by atoms with E-state index < -0.39 is 0 Å². The van der Waals surface area contributed by atoms with Crippen LogP contribution in [0.15, 0.2) is 0 Å². The summed E-state index contributed by atoms with van der Waals surface area (Å²) < 4.78 is 6.36. The van der Waals surface area contributed by atoms with Crippen LogP contribution in [0.4, 0.5) is 0 Å². The van der Waals surface area contributed by atoms with E-state index in [1.807, 2.05) is 7.05 Å². The van der Waals surface area contributed by atoms with Gasteiger partial charge in [0.15, 0.2) is 0 Å². The van der Waals surface area contributed by atoms with Gasteiger partial charge in [0.05, 0.1) is 11.7 Å². The Morgan fingerprint density at radius 1 is 1.25 bits per heavy atom. The summed E-state index contributed by atoms with van der Waals surface area (Å²) in [7, 11) is 2.04. The van der Waals surface area contributed by atoms with E-state index in [2.05, 4.69) is 12.2 Å². The van der Waals surface area contributed by atoms with Crippen LogP contribution in [0.25, 0.3) is 0 Å². The van der Waals surface area contributed by atoms with Crippen molar-refractivity contribution in [3.8, 4) is 0 Å². The molecule has 0 bridgehead atoms. The van der Waals surface area contributed by atoms with Gasteiger partial charge >= 0.3 is 0 Å². The van der Waals surface area contributed by atoms with Crippen LogP contribution in [-0.4, -0.2) is 24.8 Å². The molecule has 0 amide bonds. The Bertz CT molecular complexity index is 211. The number of rotatable bonds is 4. The molecule has 1 spiro atoms. The van der Waals surface area contributed by atoms with Crippen LogP contribution in [0.2, 0.25) is 0 Å². The van der Waals surface area contributed by atoms with Gasteiger partial charge in [0, 0.05) is 6.04 Å². The lowest BCUT2D eigenvalue weighted by Gasteiger charge is -2.33. The van der Waals surface area contributed by atoms with E-state index in [0.29, 0.717) is 17.7 Å². The predicted octanol–water partition coefficient (Wildman–Crippen LogP) is 3.26. The molecule has 1 aliphatic carbocycles. The highest BCUT2D eigenvalue weighted by molar-refractivity contribution is 4.91.